The third-order valence-electron chi connectivity index (χ3n) is 5.83. The zero-order chi connectivity index (χ0) is 28.5. The lowest BCUT2D eigenvalue weighted by atomic mass is 10.2. The lowest BCUT2D eigenvalue weighted by Gasteiger charge is -2.36. The van der Waals surface area contributed by atoms with Gasteiger partial charge in [-0.2, -0.15) is 12.6 Å². The Labute approximate surface area is 248 Å². The Morgan fingerprint density at radius 1 is 1.11 bits per heavy atom. The molecule has 4 unspecified atom stereocenters. The third kappa shape index (κ3) is 15.6. The van der Waals surface area contributed by atoms with Crippen LogP contribution in [0.5, 0.6) is 0 Å². The molecule has 4 atom stereocenters. The predicted molar refractivity (Wildman–Crippen MR) is 169 cm³/mol. The van der Waals surface area contributed by atoms with Crippen LogP contribution in [-0.4, -0.2) is 86.8 Å². The monoisotopic (exact) mass is 652 g/mol. The molecule has 0 aliphatic carbocycles. The summed E-state index contributed by atoms with van der Waals surface area (Å²) in [6.45, 7) is 16.5. The Balaban J connectivity index is 2.65. The van der Waals surface area contributed by atoms with Crippen molar-refractivity contribution in [1.82, 2.24) is 0 Å². The van der Waals surface area contributed by atoms with E-state index >= 15 is 0 Å². The molecule has 38 heavy (non-hydrogen) atoms. The van der Waals surface area contributed by atoms with Gasteiger partial charge in [0.15, 0.2) is 0 Å². The van der Waals surface area contributed by atoms with Gasteiger partial charge in [-0.05, 0) is 56.3 Å². The minimum atomic E-state index is -2.66. The average Bonchev–Trinajstić information content (AvgIpc) is 2.91. The first kappa shape index (κ1) is 37.5. The second-order valence-electron chi connectivity index (χ2n) is 10.3. The van der Waals surface area contributed by atoms with E-state index in [2.05, 4.69) is 39.9 Å². The van der Waals surface area contributed by atoms with Crippen LogP contribution in [0.15, 0.2) is 0 Å². The molecule has 1 N–H and O–H groups in total. The highest BCUT2D eigenvalue weighted by Crippen LogP contribution is 2.61. The highest BCUT2D eigenvalue weighted by atomic mass is 32.9. The number of hydrogen-bond donors (Lipinski definition) is 2. The topological polar surface area (TPSA) is 84.8 Å². The minimum Gasteiger partial charge on any atom is -0.396 e. The maximum absolute atomic E-state index is 9.49. The standard InChI is InChI=1S/C24H53O8PS3Si2/c1-7-11-27-33(35,26-8-2)36-13-10-14-37(6,28-17-22(3)16-25)29-18-23(4)19-30-38(15-9-12-34)31-20-24(5)21-32-38/h22-25,34H,7-21H2,1-6H3. The molecule has 0 aromatic carbocycles. The van der Waals surface area contributed by atoms with Gasteiger partial charge in [-0.3, -0.25) is 0 Å². The van der Waals surface area contributed by atoms with E-state index in [1.165, 1.54) is 0 Å². The van der Waals surface area contributed by atoms with E-state index in [0.717, 1.165) is 42.9 Å². The van der Waals surface area contributed by atoms with Crippen molar-refractivity contribution >= 4 is 58.9 Å². The molecule has 1 aliphatic heterocycles. The van der Waals surface area contributed by atoms with Crippen molar-refractivity contribution in [3.05, 3.63) is 0 Å². The second kappa shape index (κ2) is 20.4. The summed E-state index contributed by atoms with van der Waals surface area (Å²) < 4.78 is 43.1. The van der Waals surface area contributed by atoms with E-state index in [1.807, 2.05) is 13.8 Å². The molecule has 0 radical (unpaired) electrons. The van der Waals surface area contributed by atoms with Crippen LogP contribution in [0.25, 0.3) is 0 Å². The first-order valence-electron chi connectivity index (χ1n) is 14.0. The van der Waals surface area contributed by atoms with Crippen LogP contribution >= 0.6 is 29.7 Å². The van der Waals surface area contributed by atoms with Gasteiger partial charge in [-0.25, -0.2) is 0 Å². The molecular weight excluding hydrogens is 600 g/mol. The minimum absolute atomic E-state index is 0.0628. The fourth-order valence-electron chi connectivity index (χ4n) is 3.46. The van der Waals surface area contributed by atoms with Crippen LogP contribution < -0.4 is 0 Å². The van der Waals surface area contributed by atoms with Gasteiger partial charge in [-0.1, -0.05) is 39.1 Å². The van der Waals surface area contributed by atoms with Crippen molar-refractivity contribution in [2.45, 2.75) is 72.5 Å². The van der Waals surface area contributed by atoms with Gasteiger partial charge in [0.1, 0.15) is 0 Å². The first-order chi connectivity index (χ1) is 18.0. The molecule has 8 nitrogen and oxygen atoms in total. The van der Waals surface area contributed by atoms with Crippen molar-refractivity contribution in [3.8, 4) is 0 Å². The quantitative estimate of drug-likeness (QED) is 0.0583. The molecule has 0 bridgehead atoms. The van der Waals surface area contributed by atoms with Crippen LogP contribution in [0, 0.1) is 17.8 Å². The van der Waals surface area contributed by atoms with Crippen LogP contribution in [0.4, 0.5) is 0 Å². The van der Waals surface area contributed by atoms with Crippen LogP contribution in [0.1, 0.15) is 53.9 Å². The number of rotatable bonds is 23. The van der Waals surface area contributed by atoms with E-state index in [-0.39, 0.29) is 18.4 Å². The Hall–Kier alpha value is 1.46. The van der Waals surface area contributed by atoms with Crippen molar-refractivity contribution in [3.63, 3.8) is 0 Å². The summed E-state index contributed by atoms with van der Waals surface area (Å²) in [6, 6.07) is 1.62. The number of thiol groups is 1. The Morgan fingerprint density at radius 3 is 2.34 bits per heavy atom. The summed E-state index contributed by atoms with van der Waals surface area (Å²) in [6.07, 6.45) is 2.72. The van der Waals surface area contributed by atoms with Crippen LogP contribution in [0.3, 0.4) is 0 Å². The van der Waals surface area contributed by atoms with Crippen LogP contribution in [0.2, 0.25) is 18.6 Å². The van der Waals surface area contributed by atoms with Crippen molar-refractivity contribution in [2.75, 3.05) is 64.4 Å². The smallest absolute Gasteiger partial charge is 0.396 e. The summed E-state index contributed by atoms with van der Waals surface area (Å²) in [5, 5.41) is 9.49. The number of hydrogen-bond acceptors (Lipinski definition) is 11. The maximum atomic E-state index is 9.49. The number of aliphatic hydroxyl groups excluding tert-OH is 1. The lowest BCUT2D eigenvalue weighted by molar-refractivity contribution is -0.0135. The fourth-order valence-corrected chi connectivity index (χ4v) is 14.2. The molecule has 14 heteroatoms. The van der Waals surface area contributed by atoms with E-state index in [1.54, 1.807) is 11.4 Å². The molecular formula is C24H53O8PS3Si2. The highest BCUT2D eigenvalue weighted by molar-refractivity contribution is 8.67. The molecule has 0 aromatic rings. The number of aliphatic hydroxyl groups is 1. The zero-order valence-corrected chi connectivity index (χ0v) is 29.8. The van der Waals surface area contributed by atoms with Gasteiger partial charge in [0.2, 0.25) is 5.69 Å². The van der Waals surface area contributed by atoms with Gasteiger partial charge in [-0.15, -0.1) is 0 Å². The first-order valence-corrected chi connectivity index (χ1v) is 23.3. The predicted octanol–water partition coefficient (Wildman–Crippen LogP) is 6.13. The van der Waals surface area contributed by atoms with Crippen molar-refractivity contribution in [2.24, 2.45) is 17.8 Å². The van der Waals surface area contributed by atoms with Gasteiger partial charge in [0.25, 0.3) is 0 Å². The van der Waals surface area contributed by atoms with Crippen molar-refractivity contribution < 1.29 is 36.3 Å². The maximum Gasteiger partial charge on any atom is 0.501 e. The molecule has 228 valence electrons. The molecule has 0 saturated carbocycles. The Bertz CT molecular complexity index is 659. The lowest BCUT2D eigenvalue weighted by Crippen LogP contribution is -2.52. The largest absolute Gasteiger partial charge is 0.501 e. The molecule has 1 saturated heterocycles. The molecule has 0 amide bonds. The molecule has 1 rings (SSSR count). The van der Waals surface area contributed by atoms with E-state index in [0.29, 0.717) is 52.2 Å². The molecule has 0 aromatic heterocycles. The summed E-state index contributed by atoms with van der Waals surface area (Å²) in [5.74, 6) is 2.23. The fraction of sp³-hybridized carbons (Fsp3) is 1.00. The molecule has 1 aliphatic rings. The van der Waals surface area contributed by atoms with Gasteiger partial charge in [0, 0.05) is 69.2 Å². The average molecular weight is 653 g/mol. The summed E-state index contributed by atoms with van der Waals surface area (Å²) in [5.41, 5.74) is -2.32. The normalized spacial score (nSPS) is 25.0. The van der Waals surface area contributed by atoms with Gasteiger partial charge >= 0.3 is 17.4 Å². The summed E-state index contributed by atoms with van der Waals surface area (Å²) >= 11 is 11.7. The van der Waals surface area contributed by atoms with Gasteiger partial charge < -0.3 is 36.3 Å². The SMILES string of the molecule is CCCOP(=S)(OCC)SCCC[Si](C)(OCC(C)CO)OCC(C)CO[Si]1(CCCS)OCC(C)CO1. The van der Waals surface area contributed by atoms with Crippen molar-refractivity contribution in [1.29, 1.82) is 0 Å². The molecule has 1 fully saturated rings. The zero-order valence-electron chi connectivity index (χ0n) is 24.4. The summed E-state index contributed by atoms with van der Waals surface area (Å²) in [7, 11) is -5.16. The second-order valence-corrected chi connectivity index (χ2v) is 23.3. The highest BCUT2D eigenvalue weighted by Gasteiger charge is 2.44. The van der Waals surface area contributed by atoms with E-state index in [4.69, 9.17) is 43.0 Å². The molecule has 1 heterocycles. The summed E-state index contributed by atoms with van der Waals surface area (Å²) in [4.78, 5) is 0. The Kier molecular flexibility index (Phi) is 20.1. The van der Waals surface area contributed by atoms with Gasteiger partial charge in [0.05, 0.1) is 13.2 Å². The van der Waals surface area contributed by atoms with Crippen LogP contribution in [-0.2, 0) is 43.0 Å². The van der Waals surface area contributed by atoms with E-state index in [9.17, 15) is 5.11 Å². The third-order valence-corrected chi connectivity index (χ3v) is 17.3. The molecule has 0 spiro atoms. The Morgan fingerprint density at radius 2 is 1.76 bits per heavy atom. The van der Waals surface area contributed by atoms with E-state index < -0.39 is 23.1 Å².